The van der Waals surface area contributed by atoms with Gasteiger partial charge in [0.1, 0.15) is 5.00 Å². The average Bonchev–Trinajstić information content (AvgIpc) is 3.28. The van der Waals surface area contributed by atoms with Gasteiger partial charge >= 0.3 is 5.97 Å². The fraction of sp³-hybridized carbons (Fsp3) is 0.409. The van der Waals surface area contributed by atoms with Crippen molar-refractivity contribution in [3.05, 3.63) is 45.3 Å². The smallest absolute Gasteiger partial charge is 0.341 e. The van der Waals surface area contributed by atoms with Gasteiger partial charge in [-0.1, -0.05) is 0 Å². The number of rotatable bonds is 4. The van der Waals surface area contributed by atoms with Crippen LogP contribution in [-0.2, 0) is 28.8 Å². The molecule has 6 nitrogen and oxygen atoms in total. The van der Waals surface area contributed by atoms with Crippen molar-refractivity contribution in [2.75, 3.05) is 23.4 Å². The Kier molecular flexibility index (Phi) is 5.41. The van der Waals surface area contributed by atoms with E-state index in [1.165, 1.54) is 16.2 Å². The third kappa shape index (κ3) is 3.67. The molecule has 1 N–H and O–H groups in total. The molecule has 0 unspecified atom stereocenters. The average molecular weight is 413 g/mol. The molecule has 2 aromatic rings. The second-order valence-corrected chi connectivity index (χ2v) is 8.46. The summed E-state index contributed by atoms with van der Waals surface area (Å²) in [6, 6.07) is 5.39. The van der Waals surface area contributed by atoms with Crippen LogP contribution < -0.4 is 10.2 Å². The van der Waals surface area contributed by atoms with Gasteiger partial charge in [-0.15, -0.1) is 11.3 Å². The molecule has 152 valence electrons. The number of hydrogen-bond acceptors (Lipinski definition) is 5. The Labute approximate surface area is 173 Å². The van der Waals surface area contributed by atoms with Gasteiger partial charge in [0.2, 0.25) is 5.91 Å². The van der Waals surface area contributed by atoms with Crippen LogP contribution in [0.15, 0.2) is 18.2 Å². The molecule has 7 heteroatoms. The van der Waals surface area contributed by atoms with Gasteiger partial charge in [0.25, 0.3) is 5.91 Å². The Hall–Kier alpha value is -2.67. The first kappa shape index (κ1) is 19.6. The van der Waals surface area contributed by atoms with Crippen LogP contribution in [0.4, 0.5) is 10.7 Å². The number of aryl methyl sites for hydroxylation is 1. The SMILES string of the molecule is CCOC(=O)c1c(NC(=O)c2ccc3c(c2)CCN3C(C)=O)sc2c1CCCC2. The molecule has 0 radical (unpaired) electrons. The minimum absolute atomic E-state index is 0.00389. The van der Waals surface area contributed by atoms with Crippen LogP contribution >= 0.6 is 11.3 Å². The molecule has 0 fully saturated rings. The molecule has 0 saturated heterocycles. The van der Waals surface area contributed by atoms with E-state index in [9.17, 15) is 14.4 Å². The van der Waals surface area contributed by atoms with Crippen LogP contribution in [0.2, 0.25) is 0 Å². The molecule has 1 aromatic heterocycles. The maximum absolute atomic E-state index is 12.9. The van der Waals surface area contributed by atoms with Crippen LogP contribution in [0.5, 0.6) is 0 Å². The summed E-state index contributed by atoms with van der Waals surface area (Å²) < 4.78 is 5.25. The number of hydrogen-bond donors (Lipinski definition) is 1. The van der Waals surface area contributed by atoms with Crippen molar-refractivity contribution in [3.8, 4) is 0 Å². The molecule has 2 heterocycles. The van der Waals surface area contributed by atoms with Gasteiger partial charge in [0.05, 0.1) is 12.2 Å². The highest BCUT2D eigenvalue weighted by Gasteiger charge is 2.28. The molecule has 1 aromatic carbocycles. The van der Waals surface area contributed by atoms with Crippen LogP contribution in [-0.4, -0.2) is 30.9 Å². The first-order valence-corrected chi connectivity index (χ1v) is 10.8. The van der Waals surface area contributed by atoms with Crippen LogP contribution in [0.25, 0.3) is 0 Å². The Balaban J connectivity index is 1.61. The second kappa shape index (κ2) is 7.99. The molecular weight excluding hydrogens is 388 g/mol. The highest BCUT2D eigenvalue weighted by molar-refractivity contribution is 7.17. The number of benzene rings is 1. The summed E-state index contributed by atoms with van der Waals surface area (Å²) in [6.07, 6.45) is 4.65. The standard InChI is InChI=1S/C22H24N2O4S/c1-3-28-22(27)19-16-6-4-5-7-18(16)29-21(19)23-20(26)15-8-9-17-14(12-15)10-11-24(17)13(2)25/h8-9,12H,3-7,10-11H2,1-2H3,(H,23,26). The summed E-state index contributed by atoms with van der Waals surface area (Å²) in [4.78, 5) is 40.1. The largest absolute Gasteiger partial charge is 0.462 e. The van der Waals surface area contributed by atoms with E-state index in [0.29, 0.717) is 29.3 Å². The van der Waals surface area contributed by atoms with Crippen molar-refractivity contribution in [1.82, 2.24) is 0 Å². The Morgan fingerprint density at radius 1 is 1.17 bits per heavy atom. The summed E-state index contributed by atoms with van der Waals surface area (Å²) in [7, 11) is 0. The number of carbonyl (C=O) groups excluding carboxylic acids is 3. The number of amides is 2. The van der Waals surface area contributed by atoms with Crippen molar-refractivity contribution in [2.24, 2.45) is 0 Å². The highest BCUT2D eigenvalue weighted by Crippen LogP contribution is 2.39. The summed E-state index contributed by atoms with van der Waals surface area (Å²) in [5, 5.41) is 3.52. The van der Waals surface area contributed by atoms with Gasteiger partial charge in [0, 0.05) is 29.6 Å². The summed E-state index contributed by atoms with van der Waals surface area (Å²) in [5.41, 5.74) is 3.93. The molecule has 2 amide bonds. The van der Waals surface area contributed by atoms with Gasteiger partial charge < -0.3 is 15.0 Å². The number of ether oxygens (including phenoxy) is 1. The number of fused-ring (bicyclic) bond motifs is 2. The second-order valence-electron chi connectivity index (χ2n) is 7.35. The zero-order valence-electron chi connectivity index (χ0n) is 16.7. The zero-order valence-corrected chi connectivity index (χ0v) is 17.5. The predicted octanol–water partition coefficient (Wildman–Crippen LogP) is 3.96. The lowest BCUT2D eigenvalue weighted by Gasteiger charge is -2.15. The van der Waals surface area contributed by atoms with E-state index >= 15 is 0 Å². The highest BCUT2D eigenvalue weighted by atomic mass is 32.1. The monoisotopic (exact) mass is 412 g/mol. The van der Waals surface area contributed by atoms with E-state index in [1.54, 1.807) is 24.8 Å². The van der Waals surface area contributed by atoms with E-state index in [1.807, 2.05) is 12.1 Å². The molecule has 4 rings (SSSR count). The summed E-state index contributed by atoms with van der Waals surface area (Å²) in [5.74, 6) is -0.615. The minimum Gasteiger partial charge on any atom is -0.462 e. The minimum atomic E-state index is -0.367. The molecule has 1 aliphatic heterocycles. The molecule has 29 heavy (non-hydrogen) atoms. The van der Waals surface area contributed by atoms with E-state index in [0.717, 1.165) is 48.9 Å². The Bertz CT molecular complexity index is 995. The maximum atomic E-state index is 12.9. The van der Waals surface area contributed by atoms with Crippen LogP contribution in [0, 0.1) is 0 Å². The summed E-state index contributed by atoms with van der Waals surface area (Å²) >= 11 is 1.48. The van der Waals surface area contributed by atoms with Crippen molar-refractivity contribution in [3.63, 3.8) is 0 Å². The molecule has 0 atom stereocenters. The van der Waals surface area contributed by atoms with Crippen molar-refractivity contribution in [2.45, 2.75) is 46.0 Å². The third-order valence-corrected chi connectivity index (χ3v) is 6.70. The molecule has 0 spiro atoms. The van der Waals surface area contributed by atoms with E-state index in [4.69, 9.17) is 4.74 Å². The maximum Gasteiger partial charge on any atom is 0.341 e. The third-order valence-electron chi connectivity index (χ3n) is 5.50. The topological polar surface area (TPSA) is 75.7 Å². The number of anilines is 2. The van der Waals surface area contributed by atoms with E-state index in [2.05, 4.69) is 5.32 Å². The zero-order chi connectivity index (χ0) is 20.5. The number of nitrogens with one attached hydrogen (secondary N) is 1. The van der Waals surface area contributed by atoms with Crippen molar-refractivity contribution in [1.29, 1.82) is 0 Å². The lowest BCUT2D eigenvalue weighted by atomic mass is 9.95. The predicted molar refractivity (Wildman–Crippen MR) is 113 cm³/mol. The van der Waals surface area contributed by atoms with Gasteiger partial charge in [-0.2, -0.15) is 0 Å². The lowest BCUT2D eigenvalue weighted by molar-refractivity contribution is -0.116. The molecule has 0 bridgehead atoms. The van der Waals surface area contributed by atoms with Crippen LogP contribution in [0.1, 0.15) is 63.4 Å². The van der Waals surface area contributed by atoms with E-state index < -0.39 is 0 Å². The molecule has 1 aliphatic carbocycles. The fourth-order valence-electron chi connectivity index (χ4n) is 4.12. The van der Waals surface area contributed by atoms with Gasteiger partial charge in [0.15, 0.2) is 0 Å². The molecular formula is C22H24N2O4S. The Morgan fingerprint density at radius 2 is 1.97 bits per heavy atom. The normalized spacial score (nSPS) is 14.9. The quantitative estimate of drug-likeness (QED) is 0.771. The fourth-order valence-corrected chi connectivity index (χ4v) is 5.39. The summed E-state index contributed by atoms with van der Waals surface area (Å²) in [6.45, 7) is 4.27. The first-order chi connectivity index (χ1) is 14.0. The van der Waals surface area contributed by atoms with Crippen molar-refractivity contribution < 1.29 is 19.1 Å². The first-order valence-electron chi connectivity index (χ1n) is 10.0. The van der Waals surface area contributed by atoms with E-state index in [-0.39, 0.29) is 17.8 Å². The van der Waals surface area contributed by atoms with Gasteiger partial charge in [-0.05, 0) is 68.4 Å². The van der Waals surface area contributed by atoms with Crippen LogP contribution in [0.3, 0.4) is 0 Å². The number of thiophene rings is 1. The van der Waals surface area contributed by atoms with Crippen molar-refractivity contribution >= 4 is 39.8 Å². The molecule has 0 saturated carbocycles. The Morgan fingerprint density at radius 3 is 2.72 bits per heavy atom. The molecule has 2 aliphatic rings. The number of carbonyl (C=O) groups is 3. The van der Waals surface area contributed by atoms with Gasteiger partial charge in [-0.25, -0.2) is 4.79 Å². The lowest BCUT2D eigenvalue weighted by Crippen LogP contribution is -2.25. The van der Waals surface area contributed by atoms with Gasteiger partial charge in [-0.3, -0.25) is 9.59 Å². The number of nitrogens with zero attached hydrogens (tertiary/aromatic N) is 1. The number of esters is 1.